The molecule has 2 heterocycles. The molecule has 2 saturated heterocycles. The van der Waals surface area contributed by atoms with Crippen LogP contribution in [0.15, 0.2) is 0 Å². The van der Waals surface area contributed by atoms with E-state index in [4.69, 9.17) is 4.74 Å². The van der Waals surface area contributed by atoms with Gasteiger partial charge in [-0.05, 0) is 71.3 Å². The summed E-state index contributed by atoms with van der Waals surface area (Å²) in [5.41, 5.74) is -0.434. The van der Waals surface area contributed by atoms with Crippen molar-refractivity contribution in [1.29, 1.82) is 0 Å². The summed E-state index contributed by atoms with van der Waals surface area (Å²) in [6, 6.07) is 0.603. The largest absolute Gasteiger partial charge is 0.481 e. The lowest BCUT2D eigenvalue weighted by atomic mass is 9.71. The average molecular weight is 295 g/mol. The maximum Gasteiger partial charge on any atom is 0.309 e. The van der Waals surface area contributed by atoms with Crippen LogP contribution in [0, 0.1) is 11.3 Å². The van der Waals surface area contributed by atoms with Gasteiger partial charge in [-0.15, -0.1) is 0 Å². The van der Waals surface area contributed by atoms with E-state index in [2.05, 4.69) is 4.90 Å². The highest BCUT2D eigenvalue weighted by atomic mass is 16.5. The van der Waals surface area contributed by atoms with Crippen molar-refractivity contribution in [2.45, 2.75) is 70.4 Å². The molecule has 1 saturated carbocycles. The van der Waals surface area contributed by atoms with Crippen molar-refractivity contribution < 1.29 is 14.6 Å². The van der Waals surface area contributed by atoms with Gasteiger partial charge in [0.15, 0.2) is 0 Å². The minimum atomic E-state index is -0.656. The summed E-state index contributed by atoms with van der Waals surface area (Å²) >= 11 is 0. The quantitative estimate of drug-likeness (QED) is 0.870. The lowest BCUT2D eigenvalue weighted by molar-refractivity contribution is -0.159. The van der Waals surface area contributed by atoms with E-state index in [0.29, 0.717) is 6.04 Å². The monoisotopic (exact) mass is 295 g/mol. The fourth-order valence-electron chi connectivity index (χ4n) is 4.33. The molecule has 1 spiro atoms. The molecule has 0 bridgehead atoms. The summed E-state index contributed by atoms with van der Waals surface area (Å²) in [6.45, 7) is 6.74. The van der Waals surface area contributed by atoms with E-state index in [1.165, 1.54) is 19.3 Å². The Kier molecular flexibility index (Phi) is 4.04. The number of piperidine rings is 1. The van der Waals surface area contributed by atoms with E-state index < -0.39 is 11.4 Å². The number of hydrogen-bond acceptors (Lipinski definition) is 3. The average Bonchev–Trinajstić information content (AvgIpc) is 2.46. The van der Waals surface area contributed by atoms with Crippen molar-refractivity contribution in [2.75, 3.05) is 19.7 Å². The first-order valence-corrected chi connectivity index (χ1v) is 8.54. The fourth-order valence-corrected chi connectivity index (χ4v) is 4.33. The molecule has 4 nitrogen and oxygen atoms in total. The van der Waals surface area contributed by atoms with Gasteiger partial charge in [-0.3, -0.25) is 9.69 Å². The molecule has 3 aliphatic rings. The molecule has 120 valence electrons. The number of carboxylic acids is 1. The second-order valence-corrected chi connectivity index (χ2v) is 7.89. The van der Waals surface area contributed by atoms with Gasteiger partial charge in [0.25, 0.3) is 0 Å². The summed E-state index contributed by atoms with van der Waals surface area (Å²) in [5.74, 6) is -0.388. The molecule has 0 aromatic heterocycles. The molecule has 0 amide bonds. The standard InChI is InChI=1S/C17H29NO3/c1-16(2,15(19)20)13-5-3-9-18(12-13)14-6-10-21-17(11-14)7-4-8-17/h13-14H,3-12H2,1-2H3,(H,19,20). The molecule has 0 aromatic carbocycles. The van der Waals surface area contributed by atoms with Gasteiger partial charge < -0.3 is 9.84 Å². The molecule has 0 aromatic rings. The van der Waals surface area contributed by atoms with Crippen LogP contribution in [0.25, 0.3) is 0 Å². The molecule has 2 aliphatic heterocycles. The third-order valence-corrected chi connectivity index (χ3v) is 6.27. The number of carboxylic acid groups (broad SMARTS) is 1. The number of likely N-dealkylation sites (tertiary alicyclic amines) is 1. The zero-order chi connectivity index (χ0) is 15.1. The number of nitrogens with zero attached hydrogens (tertiary/aromatic N) is 1. The van der Waals surface area contributed by atoms with E-state index in [1.54, 1.807) is 0 Å². The first-order valence-electron chi connectivity index (χ1n) is 8.54. The van der Waals surface area contributed by atoms with Crippen molar-refractivity contribution in [3.63, 3.8) is 0 Å². The van der Waals surface area contributed by atoms with Crippen LogP contribution in [0.5, 0.6) is 0 Å². The van der Waals surface area contributed by atoms with E-state index >= 15 is 0 Å². The molecule has 3 fully saturated rings. The molecule has 2 atom stereocenters. The zero-order valence-corrected chi connectivity index (χ0v) is 13.4. The highest BCUT2D eigenvalue weighted by molar-refractivity contribution is 5.74. The molecule has 4 heteroatoms. The molecule has 2 unspecified atom stereocenters. The SMILES string of the molecule is CC(C)(C(=O)O)C1CCCN(C2CCOC3(CCC3)C2)C1. The topological polar surface area (TPSA) is 49.8 Å². The maximum absolute atomic E-state index is 11.5. The minimum Gasteiger partial charge on any atom is -0.481 e. The zero-order valence-electron chi connectivity index (χ0n) is 13.4. The number of carbonyl (C=O) groups is 1. The number of hydrogen-bond donors (Lipinski definition) is 1. The summed E-state index contributed by atoms with van der Waals surface area (Å²) in [7, 11) is 0. The van der Waals surface area contributed by atoms with Crippen LogP contribution in [-0.4, -0.2) is 47.3 Å². The molecule has 21 heavy (non-hydrogen) atoms. The van der Waals surface area contributed by atoms with Crippen LogP contribution in [0.3, 0.4) is 0 Å². The molecule has 1 N–H and O–H groups in total. The second-order valence-electron chi connectivity index (χ2n) is 7.89. The first kappa shape index (κ1) is 15.3. The highest BCUT2D eigenvalue weighted by Gasteiger charge is 2.46. The van der Waals surface area contributed by atoms with E-state index in [-0.39, 0.29) is 11.5 Å². The first-order chi connectivity index (χ1) is 9.93. The van der Waals surface area contributed by atoms with Gasteiger partial charge in [-0.1, -0.05) is 0 Å². The lowest BCUT2D eigenvalue weighted by Crippen LogP contribution is -2.55. The fraction of sp³-hybridized carbons (Fsp3) is 0.941. The molecule has 3 rings (SSSR count). The summed E-state index contributed by atoms with van der Waals surface area (Å²) in [4.78, 5) is 14.1. The summed E-state index contributed by atoms with van der Waals surface area (Å²) in [6.07, 6.45) is 8.20. The van der Waals surface area contributed by atoms with Crippen LogP contribution >= 0.6 is 0 Å². The van der Waals surface area contributed by atoms with Gasteiger partial charge in [0.2, 0.25) is 0 Å². The van der Waals surface area contributed by atoms with Crippen LogP contribution in [-0.2, 0) is 9.53 Å². The Balaban J connectivity index is 1.64. The Labute approximate surface area is 127 Å². The Hall–Kier alpha value is -0.610. The Morgan fingerprint density at radius 1 is 1.29 bits per heavy atom. The predicted molar refractivity (Wildman–Crippen MR) is 81.3 cm³/mol. The smallest absolute Gasteiger partial charge is 0.309 e. The van der Waals surface area contributed by atoms with Gasteiger partial charge in [-0.2, -0.15) is 0 Å². The van der Waals surface area contributed by atoms with E-state index in [1.807, 2.05) is 13.8 Å². The second kappa shape index (κ2) is 5.54. The van der Waals surface area contributed by atoms with Crippen LogP contribution < -0.4 is 0 Å². The van der Waals surface area contributed by atoms with Gasteiger partial charge in [0.05, 0.1) is 11.0 Å². The van der Waals surface area contributed by atoms with Crippen molar-refractivity contribution in [3.8, 4) is 0 Å². The summed E-state index contributed by atoms with van der Waals surface area (Å²) in [5, 5.41) is 9.48. The van der Waals surface area contributed by atoms with Crippen LogP contribution in [0.1, 0.15) is 58.8 Å². The maximum atomic E-state index is 11.5. The third kappa shape index (κ3) is 2.85. The van der Waals surface area contributed by atoms with Gasteiger partial charge in [0, 0.05) is 19.2 Å². The van der Waals surface area contributed by atoms with Crippen LogP contribution in [0.2, 0.25) is 0 Å². The Bertz CT molecular complexity index is 403. The van der Waals surface area contributed by atoms with Crippen LogP contribution in [0.4, 0.5) is 0 Å². The normalized spacial score (nSPS) is 33.6. The van der Waals surface area contributed by atoms with Gasteiger partial charge >= 0.3 is 5.97 Å². The highest BCUT2D eigenvalue weighted by Crippen LogP contribution is 2.44. The van der Waals surface area contributed by atoms with Crippen molar-refractivity contribution in [1.82, 2.24) is 4.90 Å². The molecule has 1 aliphatic carbocycles. The molecule has 0 radical (unpaired) electrons. The number of rotatable bonds is 3. The van der Waals surface area contributed by atoms with E-state index in [0.717, 1.165) is 45.4 Å². The predicted octanol–water partition coefficient (Wildman–Crippen LogP) is 2.91. The van der Waals surface area contributed by atoms with Crippen molar-refractivity contribution >= 4 is 5.97 Å². The molecular weight excluding hydrogens is 266 g/mol. The third-order valence-electron chi connectivity index (χ3n) is 6.27. The molecular formula is C17H29NO3. The van der Waals surface area contributed by atoms with E-state index in [9.17, 15) is 9.90 Å². The Morgan fingerprint density at radius 2 is 2.05 bits per heavy atom. The number of aliphatic carboxylic acids is 1. The Morgan fingerprint density at radius 3 is 2.67 bits per heavy atom. The number of ether oxygens (including phenoxy) is 1. The van der Waals surface area contributed by atoms with Gasteiger partial charge in [0.1, 0.15) is 0 Å². The van der Waals surface area contributed by atoms with Crippen molar-refractivity contribution in [3.05, 3.63) is 0 Å². The summed E-state index contributed by atoms with van der Waals surface area (Å²) < 4.78 is 6.03. The minimum absolute atomic E-state index is 0.179. The van der Waals surface area contributed by atoms with Gasteiger partial charge in [-0.25, -0.2) is 0 Å². The van der Waals surface area contributed by atoms with Crippen molar-refractivity contribution in [2.24, 2.45) is 11.3 Å². The lowest BCUT2D eigenvalue weighted by Gasteiger charge is -2.51.